The molecule has 0 unspecified atom stereocenters. The fourth-order valence-electron chi connectivity index (χ4n) is 4.21. The molecule has 1 atom stereocenters. The van der Waals surface area contributed by atoms with E-state index in [0.29, 0.717) is 23.1 Å². The number of likely N-dealkylation sites (tertiary alicyclic amines) is 1. The third-order valence-corrected chi connectivity index (χ3v) is 5.99. The van der Waals surface area contributed by atoms with Gasteiger partial charge in [-0.15, -0.1) is 0 Å². The summed E-state index contributed by atoms with van der Waals surface area (Å²) in [5, 5.41) is 0.485. The van der Waals surface area contributed by atoms with Crippen molar-refractivity contribution in [3.63, 3.8) is 0 Å². The highest BCUT2D eigenvalue weighted by molar-refractivity contribution is 6.32. The first-order valence-electron chi connectivity index (χ1n) is 10.7. The maximum atomic E-state index is 12.5. The van der Waals surface area contributed by atoms with Crippen LogP contribution in [0.2, 0.25) is 5.02 Å². The van der Waals surface area contributed by atoms with Gasteiger partial charge in [-0.1, -0.05) is 35.7 Å². The van der Waals surface area contributed by atoms with Crippen molar-refractivity contribution >= 4 is 23.0 Å². The number of ether oxygens (including phenoxy) is 1. The van der Waals surface area contributed by atoms with E-state index < -0.39 is 0 Å². The highest BCUT2D eigenvalue weighted by Gasteiger charge is 2.33. The molecule has 0 spiro atoms. The topological polar surface area (TPSA) is 59.7 Å². The van der Waals surface area contributed by atoms with Crippen LogP contribution in [0, 0.1) is 11.8 Å². The molecule has 1 saturated heterocycles. The molecule has 0 saturated carbocycles. The maximum Gasteiger partial charge on any atom is 0.299 e. The number of benzene rings is 2. The van der Waals surface area contributed by atoms with Gasteiger partial charge in [0.25, 0.3) is 5.91 Å². The van der Waals surface area contributed by atoms with Crippen molar-refractivity contribution in [1.29, 1.82) is 0 Å². The molecule has 7 heteroatoms. The van der Waals surface area contributed by atoms with Gasteiger partial charge < -0.3 is 9.64 Å². The first-order chi connectivity index (χ1) is 16.2. The number of aromatic nitrogens is 3. The molecule has 1 amide bonds. The van der Waals surface area contributed by atoms with Gasteiger partial charge in [-0.25, -0.2) is 4.98 Å². The number of rotatable bonds is 4. The van der Waals surface area contributed by atoms with Crippen molar-refractivity contribution in [1.82, 2.24) is 19.3 Å². The molecule has 4 aromatic rings. The summed E-state index contributed by atoms with van der Waals surface area (Å²) in [4.78, 5) is 23.6. The zero-order valence-electron chi connectivity index (χ0n) is 18.0. The van der Waals surface area contributed by atoms with Crippen molar-refractivity contribution in [3.05, 3.63) is 78.0 Å². The van der Waals surface area contributed by atoms with Crippen LogP contribution in [0.15, 0.2) is 67.1 Å². The molecule has 3 heterocycles. The second-order valence-electron chi connectivity index (χ2n) is 7.74. The molecule has 164 valence electrons. The third kappa shape index (κ3) is 4.04. The molecule has 5 rings (SSSR count). The summed E-state index contributed by atoms with van der Waals surface area (Å²) in [6.07, 6.45) is 7.12. The van der Waals surface area contributed by atoms with Crippen LogP contribution in [0.1, 0.15) is 31.6 Å². The number of carbonyl (C=O) groups is 1. The lowest BCUT2D eigenvalue weighted by molar-refractivity contribution is -0.126. The van der Waals surface area contributed by atoms with E-state index >= 15 is 0 Å². The molecule has 2 aromatic heterocycles. The van der Waals surface area contributed by atoms with Gasteiger partial charge in [0.05, 0.1) is 28.5 Å². The fourth-order valence-corrected chi connectivity index (χ4v) is 4.43. The average molecular weight is 457 g/mol. The molecule has 0 bridgehead atoms. The van der Waals surface area contributed by atoms with Gasteiger partial charge in [-0.2, -0.15) is 0 Å². The summed E-state index contributed by atoms with van der Waals surface area (Å²) in [5.74, 6) is 7.29. The van der Waals surface area contributed by atoms with E-state index in [0.717, 1.165) is 35.4 Å². The van der Waals surface area contributed by atoms with Crippen molar-refractivity contribution < 1.29 is 9.53 Å². The summed E-state index contributed by atoms with van der Waals surface area (Å²) < 4.78 is 7.91. The SMILES string of the molecule is CC#CC(=O)N1CCC[C@H]1c1nc(-c2ccc(Oc3ccccc3)c(Cl)c2)c2cnccn12. The second-order valence-corrected chi connectivity index (χ2v) is 8.15. The van der Waals surface area contributed by atoms with Gasteiger partial charge in [0, 0.05) is 24.5 Å². The Kier molecular flexibility index (Phi) is 5.72. The summed E-state index contributed by atoms with van der Waals surface area (Å²) in [6, 6.07) is 15.0. The Bertz CT molecular complexity index is 1390. The van der Waals surface area contributed by atoms with Crippen LogP contribution in [-0.4, -0.2) is 31.7 Å². The Morgan fingerprint density at radius 3 is 2.85 bits per heavy atom. The number of nitrogens with zero attached hydrogens (tertiary/aromatic N) is 4. The summed E-state index contributed by atoms with van der Waals surface area (Å²) in [5.41, 5.74) is 2.45. The van der Waals surface area contributed by atoms with Gasteiger partial charge in [-0.3, -0.25) is 14.2 Å². The quantitative estimate of drug-likeness (QED) is 0.379. The maximum absolute atomic E-state index is 12.5. The van der Waals surface area contributed by atoms with Crippen molar-refractivity contribution in [3.8, 4) is 34.6 Å². The van der Waals surface area contributed by atoms with E-state index in [-0.39, 0.29) is 11.9 Å². The second kappa shape index (κ2) is 8.97. The van der Waals surface area contributed by atoms with Crippen molar-refractivity contribution in [2.24, 2.45) is 0 Å². The molecular formula is C26H21ClN4O2. The molecule has 2 aromatic carbocycles. The molecule has 0 aliphatic carbocycles. The van der Waals surface area contributed by atoms with Crippen molar-refractivity contribution in [2.45, 2.75) is 25.8 Å². The molecule has 1 aliphatic rings. The Labute approximate surface area is 196 Å². The highest BCUT2D eigenvalue weighted by Crippen LogP contribution is 2.37. The van der Waals surface area contributed by atoms with E-state index in [4.69, 9.17) is 21.3 Å². The minimum Gasteiger partial charge on any atom is -0.456 e. The van der Waals surface area contributed by atoms with E-state index in [1.807, 2.05) is 59.1 Å². The molecular weight excluding hydrogens is 436 g/mol. The van der Waals surface area contributed by atoms with Crippen molar-refractivity contribution in [2.75, 3.05) is 6.54 Å². The first kappa shape index (κ1) is 21.0. The highest BCUT2D eigenvalue weighted by atomic mass is 35.5. The van der Waals surface area contributed by atoms with E-state index in [9.17, 15) is 4.79 Å². The van der Waals surface area contributed by atoms with Crippen LogP contribution in [0.3, 0.4) is 0 Å². The lowest BCUT2D eigenvalue weighted by Crippen LogP contribution is -2.30. The minimum absolute atomic E-state index is 0.141. The van der Waals surface area contributed by atoms with E-state index in [1.165, 1.54) is 0 Å². The number of fused-ring (bicyclic) bond motifs is 1. The Morgan fingerprint density at radius 2 is 2.06 bits per heavy atom. The number of hydrogen-bond acceptors (Lipinski definition) is 4. The molecule has 0 radical (unpaired) electrons. The number of hydrogen-bond donors (Lipinski definition) is 0. The fraction of sp³-hybridized carbons (Fsp3) is 0.192. The predicted molar refractivity (Wildman–Crippen MR) is 127 cm³/mol. The van der Waals surface area contributed by atoms with Crippen LogP contribution < -0.4 is 4.74 Å². The van der Waals surface area contributed by atoms with Crippen LogP contribution in [0.5, 0.6) is 11.5 Å². The van der Waals surface area contributed by atoms with Gasteiger partial charge in [0.2, 0.25) is 0 Å². The molecule has 6 nitrogen and oxygen atoms in total. The number of carbonyl (C=O) groups excluding carboxylic acids is 1. The van der Waals surface area contributed by atoms with Gasteiger partial charge in [0.15, 0.2) is 0 Å². The lowest BCUT2D eigenvalue weighted by Gasteiger charge is -2.21. The van der Waals surface area contributed by atoms with Crippen LogP contribution in [-0.2, 0) is 4.79 Å². The summed E-state index contributed by atoms with van der Waals surface area (Å²) in [6.45, 7) is 2.34. The van der Waals surface area contributed by atoms with Gasteiger partial charge >= 0.3 is 0 Å². The predicted octanol–water partition coefficient (Wildman–Crippen LogP) is 5.53. The van der Waals surface area contributed by atoms with Crippen LogP contribution in [0.25, 0.3) is 16.8 Å². The zero-order chi connectivity index (χ0) is 22.8. The minimum atomic E-state index is -0.169. The number of halogens is 1. The van der Waals surface area contributed by atoms with Gasteiger partial charge in [0.1, 0.15) is 17.3 Å². The first-order valence-corrected chi connectivity index (χ1v) is 11.1. The molecule has 0 N–H and O–H groups in total. The summed E-state index contributed by atoms with van der Waals surface area (Å²) >= 11 is 6.57. The molecule has 33 heavy (non-hydrogen) atoms. The normalized spacial score (nSPS) is 15.3. The van der Waals surface area contributed by atoms with E-state index in [1.54, 1.807) is 24.2 Å². The average Bonchev–Trinajstić information content (AvgIpc) is 3.46. The molecule has 1 aliphatic heterocycles. The largest absolute Gasteiger partial charge is 0.456 e. The number of imidazole rings is 1. The molecule has 1 fully saturated rings. The Morgan fingerprint density at radius 1 is 1.21 bits per heavy atom. The number of para-hydroxylation sites is 1. The smallest absolute Gasteiger partial charge is 0.299 e. The Balaban J connectivity index is 1.54. The zero-order valence-corrected chi connectivity index (χ0v) is 18.8. The standard InChI is InChI=1S/C26H21ClN4O2/c1-2-7-24(32)30-14-6-10-21(30)26-29-25(22-17-28-13-15-31(22)26)18-11-12-23(20(27)16-18)33-19-8-4-3-5-9-19/h3-5,8-9,11-13,15-17,21H,6,10,14H2,1H3/t21-/m0/s1. The van der Waals surface area contributed by atoms with Crippen LogP contribution >= 0.6 is 11.6 Å². The number of amides is 1. The lowest BCUT2D eigenvalue weighted by atomic mass is 10.1. The Hall–Kier alpha value is -3.82. The summed E-state index contributed by atoms with van der Waals surface area (Å²) in [7, 11) is 0. The van der Waals surface area contributed by atoms with Crippen LogP contribution in [0.4, 0.5) is 0 Å². The van der Waals surface area contributed by atoms with E-state index in [2.05, 4.69) is 16.8 Å². The third-order valence-electron chi connectivity index (χ3n) is 5.69. The van der Waals surface area contributed by atoms with Gasteiger partial charge in [-0.05, 0) is 56.0 Å². The monoisotopic (exact) mass is 456 g/mol.